The quantitative estimate of drug-likeness (QED) is 0.515. The molecule has 5 heteroatoms. The molecule has 4 rings (SSSR count). The van der Waals surface area contributed by atoms with Gasteiger partial charge in [0.05, 0.1) is 23.7 Å². The van der Waals surface area contributed by atoms with E-state index >= 15 is 0 Å². The predicted molar refractivity (Wildman–Crippen MR) is 123 cm³/mol. The Labute approximate surface area is 180 Å². The fourth-order valence-electron chi connectivity index (χ4n) is 4.29. The van der Waals surface area contributed by atoms with Crippen LogP contribution in [0.2, 0.25) is 0 Å². The predicted octanol–water partition coefficient (Wildman–Crippen LogP) is 4.51. The fraction of sp³-hybridized carbons (Fsp3) is 0.480. The van der Waals surface area contributed by atoms with E-state index in [4.69, 9.17) is 9.72 Å². The van der Waals surface area contributed by atoms with Crippen LogP contribution in [0.5, 0.6) is 5.75 Å². The monoisotopic (exact) mass is 406 g/mol. The van der Waals surface area contributed by atoms with Gasteiger partial charge in [-0.25, -0.2) is 4.98 Å². The topological polar surface area (TPSA) is 33.5 Å². The first-order valence-electron chi connectivity index (χ1n) is 11.2. The number of hydrogen-bond donors (Lipinski definition) is 0. The van der Waals surface area contributed by atoms with Gasteiger partial charge in [0, 0.05) is 32.7 Å². The summed E-state index contributed by atoms with van der Waals surface area (Å²) in [6, 6.07) is 17.1. The van der Waals surface area contributed by atoms with Crippen molar-refractivity contribution < 1.29 is 4.74 Å². The molecule has 1 saturated heterocycles. The van der Waals surface area contributed by atoms with Gasteiger partial charge in [-0.3, -0.25) is 4.90 Å². The van der Waals surface area contributed by atoms with E-state index in [1.54, 1.807) is 0 Å². The van der Waals surface area contributed by atoms with Gasteiger partial charge in [0.15, 0.2) is 0 Å². The standard InChI is InChI=1S/C25H34N4O/c1-20-10-4-7-13-24(20)30-19-9-8-14-29-23-12-6-5-11-22(23)26-25(29)21(2)28-17-15-27(3)16-18-28/h4-7,10-13,21H,8-9,14-19H2,1-3H3. The summed E-state index contributed by atoms with van der Waals surface area (Å²) in [6.45, 7) is 10.6. The molecule has 0 saturated carbocycles. The van der Waals surface area contributed by atoms with Crippen molar-refractivity contribution in [2.45, 2.75) is 39.3 Å². The molecule has 1 unspecified atom stereocenters. The van der Waals surface area contributed by atoms with Gasteiger partial charge in [0.25, 0.3) is 0 Å². The lowest BCUT2D eigenvalue weighted by Crippen LogP contribution is -2.45. The Hall–Kier alpha value is -2.37. The summed E-state index contributed by atoms with van der Waals surface area (Å²) in [5.41, 5.74) is 3.54. The Morgan fingerprint density at radius 1 is 0.967 bits per heavy atom. The molecule has 0 spiro atoms. The molecule has 5 nitrogen and oxygen atoms in total. The molecule has 0 aliphatic carbocycles. The number of fused-ring (bicyclic) bond motifs is 1. The van der Waals surface area contributed by atoms with E-state index in [2.05, 4.69) is 77.7 Å². The number of nitrogens with zero attached hydrogens (tertiary/aromatic N) is 4. The maximum atomic E-state index is 5.99. The second-order valence-electron chi connectivity index (χ2n) is 8.45. The van der Waals surface area contributed by atoms with E-state index < -0.39 is 0 Å². The normalized spacial score (nSPS) is 16.8. The van der Waals surface area contributed by atoms with Crippen molar-refractivity contribution in [2.75, 3.05) is 39.8 Å². The molecule has 1 atom stereocenters. The molecule has 1 aromatic heterocycles. The van der Waals surface area contributed by atoms with Gasteiger partial charge in [-0.2, -0.15) is 0 Å². The van der Waals surface area contributed by atoms with Crippen molar-refractivity contribution in [1.82, 2.24) is 19.4 Å². The van der Waals surface area contributed by atoms with Gasteiger partial charge < -0.3 is 14.2 Å². The van der Waals surface area contributed by atoms with Gasteiger partial charge in [0.2, 0.25) is 0 Å². The van der Waals surface area contributed by atoms with Crippen LogP contribution in [0.1, 0.15) is 37.2 Å². The van der Waals surface area contributed by atoms with Crippen molar-refractivity contribution in [3.05, 3.63) is 59.9 Å². The van der Waals surface area contributed by atoms with E-state index in [0.29, 0.717) is 6.04 Å². The van der Waals surface area contributed by atoms with Crippen LogP contribution in [0.15, 0.2) is 48.5 Å². The zero-order valence-corrected chi connectivity index (χ0v) is 18.6. The Bertz CT molecular complexity index is 959. The zero-order chi connectivity index (χ0) is 20.9. The first kappa shape index (κ1) is 20.9. The minimum Gasteiger partial charge on any atom is -0.493 e. The van der Waals surface area contributed by atoms with Crippen molar-refractivity contribution in [3.8, 4) is 5.75 Å². The summed E-state index contributed by atoms with van der Waals surface area (Å²) in [7, 11) is 2.20. The minimum atomic E-state index is 0.328. The number of piperazine rings is 1. The molecule has 3 aromatic rings. The van der Waals surface area contributed by atoms with Crippen LogP contribution >= 0.6 is 0 Å². The summed E-state index contributed by atoms with van der Waals surface area (Å²) in [5, 5.41) is 0. The van der Waals surface area contributed by atoms with Crippen LogP contribution in [0.25, 0.3) is 11.0 Å². The molecule has 0 amide bonds. The summed E-state index contributed by atoms with van der Waals surface area (Å²) >= 11 is 0. The smallest absolute Gasteiger partial charge is 0.127 e. The van der Waals surface area contributed by atoms with E-state index in [0.717, 1.165) is 63.4 Å². The lowest BCUT2D eigenvalue weighted by Gasteiger charge is -2.36. The number of rotatable bonds is 8. The second-order valence-corrected chi connectivity index (χ2v) is 8.45. The largest absolute Gasteiger partial charge is 0.493 e. The number of unbranched alkanes of at least 4 members (excludes halogenated alkanes) is 1. The molecule has 2 aromatic carbocycles. The number of aryl methyl sites for hydroxylation is 2. The van der Waals surface area contributed by atoms with Crippen molar-refractivity contribution in [1.29, 1.82) is 0 Å². The van der Waals surface area contributed by atoms with Crippen LogP contribution in [0, 0.1) is 6.92 Å². The van der Waals surface area contributed by atoms with Crippen LogP contribution in [-0.2, 0) is 6.54 Å². The highest BCUT2D eigenvalue weighted by molar-refractivity contribution is 5.76. The average Bonchev–Trinajstić information content (AvgIpc) is 3.13. The van der Waals surface area contributed by atoms with Crippen molar-refractivity contribution in [3.63, 3.8) is 0 Å². The molecule has 160 valence electrons. The maximum absolute atomic E-state index is 5.99. The van der Waals surface area contributed by atoms with Crippen molar-refractivity contribution in [2.24, 2.45) is 0 Å². The zero-order valence-electron chi connectivity index (χ0n) is 18.6. The van der Waals surface area contributed by atoms with E-state index in [9.17, 15) is 0 Å². The molecule has 1 fully saturated rings. The van der Waals surface area contributed by atoms with E-state index in [1.807, 2.05) is 6.07 Å². The third-order valence-electron chi connectivity index (χ3n) is 6.27. The van der Waals surface area contributed by atoms with Crippen LogP contribution < -0.4 is 4.74 Å². The van der Waals surface area contributed by atoms with E-state index in [1.165, 1.54) is 16.9 Å². The van der Waals surface area contributed by atoms with Crippen molar-refractivity contribution >= 4 is 11.0 Å². The summed E-state index contributed by atoms with van der Waals surface area (Å²) in [4.78, 5) is 10.0. The fourth-order valence-corrected chi connectivity index (χ4v) is 4.29. The molecule has 0 N–H and O–H groups in total. The Morgan fingerprint density at radius 2 is 1.70 bits per heavy atom. The highest BCUT2D eigenvalue weighted by atomic mass is 16.5. The van der Waals surface area contributed by atoms with Gasteiger partial charge in [-0.05, 0) is 57.5 Å². The summed E-state index contributed by atoms with van der Waals surface area (Å²) in [5.74, 6) is 2.19. The van der Waals surface area contributed by atoms with E-state index in [-0.39, 0.29) is 0 Å². The Morgan fingerprint density at radius 3 is 2.50 bits per heavy atom. The number of hydrogen-bond acceptors (Lipinski definition) is 4. The molecule has 1 aliphatic heterocycles. The van der Waals surface area contributed by atoms with Gasteiger partial charge >= 0.3 is 0 Å². The highest BCUT2D eigenvalue weighted by Crippen LogP contribution is 2.26. The molecule has 1 aliphatic rings. The molecule has 30 heavy (non-hydrogen) atoms. The summed E-state index contributed by atoms with van der Waals surface area (Å²) < 4.78 is 8.43. The molecule has 2 heterocycles. The number of likely N-dealkylation sites (N-methyl/N-ethyl adjacent to an activating group) is 1. The number of ether oxygens (including phenoxy) is 1. The number of aromatic nitrogens is 2. The van der Waals surface area contributed by atoms with Gasteiger partial charge in [-0.15, -0.1) is 0 Å². The third-order valence-corrected chi connectivity index (χ3v) is 6.27. The first-order chi connectivity index (χ1) is 14.6. The molecular formula is C25H34N4O. The van der Waals surface area contributed by atoms with Gasteiger partial charge in [0.1, 0.15) is 11.6 Å². The molecular weight excluding hydrogens is 372 g/mol. The van der Waals surface area contributed by atoms with Crippen LogP contribution in [-0.4, -0.2) is 59.2 Å². The maximum Gasteiger partial charge on any atom is 0.127 e. The average molecular weight is 407 g/mol. The Balaban J connectivity index is 1.42. The minimum absolute atomic E-state index is 0.328. The first-order valence-corrected chi connectivity index (χ1v) is 11.2. The second kappa shape index (κ2) is 9.63. The number of imidazole rings is 1. The SMILES string of the molecule is Cc1ccccc1OCCCCn1c(C(C)N2CCN(C)CC2)nc2ccccc21. The third kappa shape index (κ3) is 4.68. The lowest BCUT2D eigenvalue weighted by atomic mass is 10.2. The lowest BCUT2D eigenvalue weighted by molar-refractivity contribution is 0.113. The molecule has 0 bridgehead atoms. The number of para-hydroxylation sites is 3. The van der Waals surface area contributed by atoms with Crippen LogP contribution in [0.4, 0.5) is 0 Å². The highest BCUT2D eigenvalue weighted by Gasteiger charge is 2.24. The number of benzene rings is 2. The summed E-state index contributed by atoms with van der Waals surface area (Å²) in [6.07, 6.45) is 2.11. The molecule has 0 radical (unpaired) electrons. The van der Waals surface area contributed by atoms with Gasteiger partial charge in [-0.1, -0.05) is 30.3 Å². The van der Waals surface area contributed by atoms with Crippen LogP contribution in [0.3, 0.4) is 0 Å². The Kier molecular flexibility index (Phi) is 6.70.